The van der Waals surface area contributed by atoms with Gasteiger partial charge >= 0.3 is 0 Å². The smallest absolute Gasteiger partial charge is 0.238 e. The van der Waals surface area contributed by atoms with Gasteiger partial charge in [-0.3, -0.25) is 9.59 Å². The molecule has 2 amide bonds. The highest BCUT2D eigenvalue weighted by Gasteiger charge is 2.61. The molecule has 1 saturated heterocycles. The molecule has 0 spiro atoms. The number of carbonyl (C=O) groups is 2. The van der Waals surface area contributed by atoms with Gasteiger partial charge in [0.15, 0.2) is 0 Å². The predicted molar refractivity (Wildman–Crippen MR) is 71.8 cm³/mol. The summed E-state index contributed by atoms with van der Waals surface area (Å²) in [7, 11) is 0. The fourth-order valence-electron chi connectivity index (χ4n) is 4.28. The topological polar surface area (TPSA) is 37.4 Å². The second-order valence-corrected chi connectivity index (χ2v) is 6.26. The molecule has 19 heavy (non-hydrogen) atoms. The van der Waals surface area contributed by atoms with Gasteiger partial charge in [-0.15, -0.1) is 0 Å². The van der Waals surface area contributed by atoms with E-state index in [4.69, 9.17) is 11.6 Å². The van der Waals surface area contributed by atoms with Crippen LogP contribution in [0.2, 0.25) is 5.02 Å². The maximum absolute atomic E-state index is 12.6. The predicted octanol–water partition coefficient (Wildman–Crippen LogP) is 2.88. The molecule has 1 aromatic carbocycles. The summed E-state index contributed by atoms with van der Waals surface area (Å²) >= 11 is 6.13. The Morgan fingerprint density at radius 3 is 2.16 bits per heavy atom. The number of anilines is 1. The Hall–Kier alpha value is -1.35. The Kier molecular flexibility index (Phi) is 2.31. The third-order valence-electron chi connectivity index (χ3n) is 5.02. The Labute approximate surface area is 116 Å². The summed E-state index contributed by atoms with van der Waals surface area (Å²) in [4.78, 5) is 26.5. The lowest BCUT2D eigenvalue weighted by molar-refractivity contribution is -0.123. The van der Waals surface area contributed by atoms with Crippen molar-refractivity contribution in [1.29, 1.82) is 0 Å². The summed E-state index contributed by atoms with van der Waals surface area (Å²) in [5.41, 5.74) is 0.549. The van der Waals surface area contributed by atoms with Gasteiger partial charge in [-0.2, -0.15) is 0 Å². The number of benzene rings is 1. The van der Waals surface area contributed by atoms with Crippen LogP contribution in [0.25, 0.3) is 0 Å². The molecule has 0 aromatic heterocycles. The lowest BCUT2D eigenvalue weighted by Crippen LogP contribution is -2.32. The molecule has 1 aliphatic heterocycles. The van der Waals surface area contributed by atoms with Crippen molar-refractivity contribution in [2.45, 2.75) is 19.3 Å². The van der Waals surface area contributed by atoms with E-state index in [-0.39, 0.29) is 23.7 Å². The molecular formula is C15H14ClNO2. The van der Waals surface area contributed by atoms with E-state index in [1.54, 1.807) is 18.2 Å². The zero-order chi connectivity index (χ0) is 13.1. The molecule has 98 valence electrons. The van der Waals surface area contributed by atoms with Gasteiger partial charge in [-0.05, 0) is 43.2 Å². The van der Waals surface area contributed by atoms with Crippen molar-refractivity contribution in [3.63, 3.8) is 0 Å². The normalized spacial score (nSPS) is 36.2. The molecule has 0 radical (unpaired) electrons. The van der Waals surface area contributed by atoms with Crippen LogP contribution in [0.15, 0.2) is 24.3 Å². The van der Waals surface area contributed by atoms with Crippen LogP contribution in [0.5, 0.6) is 0 Å². The summed E-state index contributed by atoms with van der Waals surface area (Å²) in [6.45, 7) is 0. The van der Waals surface area contributed by atoms with Gasteiger partial charge in [-0.25, -0.2) is 4.90 Å². The fraction of sp³-hybridized carbons (Fsp3) is 0.467. The molecule has 4 rings (SSSR count). The highest BCUT2D eigenvalue weighted by Crippen LogP contribution is 2.56. The SMILES string of the molecule is O=C1[C@H]2[C@H]3CC[C@@H](C3)[C@@H]2C(=O)N1c1ccccc1Cl. The van der Waals surface area contributed by atoms with Crippen LogP contribution in [-0.2, 0) is 9.59 Å². The number of carbonyl (C=O) groups excluding carboxylic acids is 2. The Bertz CT molecular complexity index is 557. The second kappa shape index (κ2) is 3.83. The zero-order valence-electron chi connectivity index (χ0n) is 10.4. The number of para-hydroxylation sites is 1. The molecule has 1 aromatic rings. The van der Waals surface area contributed by atoms with E-state index in [9.17, 15) is 9.59 Å². The molecule has 1 heterocycles. The van der Waals surface area contributed by atoms with E-state index in [1.165, 1.54) is 4.90 Å². The third kappa shape index (κ3) is 1.39. The second-order valence-electron chi connectivity index (χ2n) is 5.85. The van der Waals surface area contributed by atoms with Crippen LogP contribution < -0.4 is 4.90 Å². The van der Waals surface area contributed by atoms with Gasteiger partial charge < -0.3 is 0 Å². The summed E-state index contributed by atoms with van der Waals surface area (Å²) in [6, 6.07) is 7.09. The summed E-state index contributed by atoms with van der Waals surface area (Å²) in [6.07, 6.45) is 3.26. The van der Waals surface area contributed by atoms with Gasteiger partial charge in [0.25, 0.3) is 0 Å². The first-order chi connectivity index (χ1) is 9.18. The minimum Gasteiger partial charge on any atom is -0.274 e. The number of halogens is 1. The van der Waals surface area contributed by atoms with E-state index in [1.807, 2.05) is 6.07 Å². The number of nitrogens with zero attached hydrogens (tertiary/aromatic N) is 1. The standard InChI is InChI=1S/C15H14ClNO2/c16-10-3-1-2-4-11(10)17-14(18)12-8-5-6-9(7-8)13(12)15(17)19/h1-4,8-9,12-13H,5-7H2/t8-,9-,12-,13-/m0/s1. The molecule has 3 nitrogen and oxygen atoms in total. The lowest BCUT2D eigenvalue weighted by Gasteiger charge is -2.19. The van der Waals surface area contributed by atoms with Crippen molar-refractivity contribution < 1.29 is 9.59 Å². The lowest BCUT2D eigenvalue weighted by atomic mass is 9.81. The average Bonchev–Trinajstić information content (AvgIpc) is 3.06. The van der Waals surface area contributed by atoms with Crippen molar-refractivity contribution >= 4 is 29.1 Å². The summed E-state index contributed by atoms with van der Waals surface area (Å²) in [5, 5.41) is 0.469. The average molecular weight is 276 g/mol. The minimum atomic E-state index is -0.0810. The molecule has 0 N–H and O–H groups in total. The quantitative estimate of drug-likeness (QED) is 0.739. The van der Waals surface area contributed by atoms with E-state index < -0.39 is 0 Å². The maximum Gasteiger partial charge on any atom is 0.238 e. The molecule has 4 atom stereocenters. The Morgan fingerprint density at radius 1 is 1.00 bits per heavy atom. The van der Waals surface area contributed by atoms with Gasteiger partial charge in [0.05, 0.1) is 22.5 Å². The molecule has 3 aliphatic rings. The van der Waals surface area contributed by atoms with Crippen LogP contribution in [-0.4, -0.2) is 11.8 Å². The largest absolute Gasteiger partial charge is 0.274 e. The summed E-state index contributed by atoms with van der Waals surface area (Å²) < 4.78 is 0. The number of fused-ring (bicyclic) bond motifs is 5. The molecule has 0 unspecified atom stereocenters. The molecule has 2 bridgehead atoms. The first-order valence-corrected chi connectivity index (χ1v) is 7.18. The van der Waals surface area contributed by atoms with Gasteiger partial charge in [0.1, 0.15) is 0 Å². The van der Waals surface area contributed by atoms with Crippen LogP contribution in [0, 0.1) is 23.7 Å². The van der Waals surface area contributed by atoms with Crippen molar-refractivity contribution in [2.75, 3.05) is 4.90 Å². The highest BCUT2D eigenvalue weighted by atomic mass is 35.5. The van der Waals surface area contributed by atoms with E-state index in [2.05, 4.69) is 0 Å². The van der Waals surface area contributed by atoms with Crippen molar-refractivity contribution in [3.8, 4) is 0 Å². The zero-order valence-corrected chi connectivity index (χ0v) is 11.1. The van der Waals surface area contributed by atoms with Gasteiger partial charge in [0, 0.05) is 0 Å². The van der Waals surface area contributed by atoms with E-state index >= 15 is 0 Å². The van der Waals surface area contributed by atoms with Gasteiger partial charge in [-0.1, -0.05) is 23.7 Å². The monoisotopic (exact) mass is 275 g/mol. The first-order valence-electron chi connectivity index (χ1n) is 6.81. The van der Waals surface area contributed by atoms with Crippen LogP contribution in [0.1, 0.15) is 19.3 Å². The Morgan fingerprint density at radius 2 is 1.58 bits per heavy atom. The van der Waals surface area contributed by atoms with Crippen molar-refractivity contribution in [2.24, 2.45) is 23.7 Å². The number of imide groups is 1. The fourth-order valence-corrected chi connectivity index (χ4v) is 4.50. The number of hydrogen-bond donors (Lipinski definition) is 0. The minimum absolute atomic E-state index is 0.0321. The van der Waals surface area contributed by atoms with E-state index in [0.717, 1.165) is 19.3 Å². The highest BCUT2D eigenvalue weighted by molar-refractivity contribution is 6.36. The molecule has 3 fully saturated rings. The maximum atomic E-state index is 12.6. The van der Waals surface area contributed by atoms with Crippen molar-refractivity contribution in [1.82, 2.24) is 0 Å². The Balaban J connectivity index is 1.78. The van der Waals surface area contributed by atoms with Crippen molar-refractivity contribution in [3.05, 3.63) is 29.3 Å². The molecule has 2 aliphatic carbocycles. The van der Waals surface area contributed by atoms with Crippen LogP contribution >= 0.6 is 11.6 Å². The first kappa shape index (κ1) is 11.5. The van der Waals surface area contributed by atoms with E-state index in [0.29, 0.717) is 22.5 Å². The summed E-state index contributed by atoms with van der Waals surface area (Å²) in [5.74, 6) is 0.605. The van der Waals surface area contributed by atoms with Crippen LogP contribution in [0.3, 0.4) is 0 Å². The van der Waals surface area contributed by atoms with Gasteiger partial charge in [0.2, 0.25) is 11.8 Å². The molecular weight excluding hydrogens is 262 g/mol. The molecule has 4 heteroatoms. The number of hydrogen-bond acceptors (Lipinski definition) is 2. The number of rotatable bonds is 1. The molecule has 2 saturated carbocycles. The van der Waals surface area contributed by atoms with Crippen LogP contribution in [0.4, 0.5) is 5.69 Å². The number of amides is 2. The third-order valence-corrected chi connectivity index (χ3v) is 5.34.